The molecule has 6 heteroatoms. The van der Waals surface area contributed by atoms with Crippen molar-refractivity contribution in [3.63, 3.8) is 0 Å². The van der Waals surface area contributed by atoms with Gasteiger partial charge in [-0.3, -0.25) is 9.59 Å². The maximum Gasteiger partial charge on any atom is 0.333 e. The fourth-order valence-electron chi connectivity index (χ4n) is 6.67. The van der Waals surface area contributed by atoms with E-state index in [1.54, 1.807) is 6.92 Å². The summed E-state index contributed by atoms with van der Waals surface area (Å²) < 4.78 is 17.2. The molecule has 0 spiro atoms. The molecule has 0 amide bonds. The zero-order valence-corrected chi connectivity index (χ0v) is 15.8. The molecule has 146 valence electrons. The molecule has 4 bridgehead atoms. The summed E-state index contributed by atoms with van der Waals surface area (Å²) in [4.78, 5) is 37.7. The third-order valence-corrected chi connectivity index (χ3v) is 7.84. The number of carbonyl (C=O) groups is 3. The van der Waals surface area contributed by atoms with Crippen LogP contribution in [0.2, 0.25) is 0 Å². The van der Waals surface area contributed by atoms with Crippen molar-refractivity contribution in [1.82, 2.24) is 0 Å². The standard InChI is InChI=1S/C21H26O6/c1-9(2)18(22)25-16-13-7-12-14(19(23)26-17(12)16)15(13)20(24)27-21(3)8-10-4-5-11(21)6-10/h10-17H,1,4-8H2,2-3H3. The highest BCUT2D eigenvalue weighted by atomic mass is 16.6. The Morgan fingerprint density at radius 2 is 2.00 bits per heavy atom. The first kappa shape index (κ1) is 17.3. The second kappa shape index (κ2) is 5.58. The van der Waals surface area contributed by atoms with Gasteiger partial charge in [0.2, 0.25) is 0 Å². The van der Waals surface area contributed by atoms with Crippen LogP contribution in [-0.2, 0) is 28.6 Å². The number of carbonyl (C=O) groups excluding carboxylic acids is 3. The van der Waals surface area contributed by atoms with Crippen molar-refractivity contribution in [3.8, 4) is 0 Å². The minimum absolute atomic E-state index is 0.0594. The quantitative estimate of drug-likeness (QED) is 0.427. The summed E-state index contributed by atoms with van der Waals surface area (Å²) in [5.74, 6) is -1.38. The molecule has 0 N–H and O–H groups in total. The Kier molecular flexibility index (Phi) is 3.57. The van der Waals surface area contributed by atoms with E-state index >= 15 is 0 Å². The zero-order chi connectivity index (χ0) is 19.1. The molecular weight excluding hydrogens is 348 g/mol. The second-order valence-electron chi connectivity index (χ2n) is 9.48. The summed E-state index contributed by atoms with van der Waals surface area (Å²) in [6.45, 7) is 7.24. The number of fused-ring (bicyclic) bond motifs is 3. The lowest BCUT2D eigenvalue weighted by molar-refractivity contribution is -0.177. The largest absolute Gasteiger partial charge is 0.459 e. The highest BCUT2D eigenvalue weighted by Crippen LogP contribution is 2.60. The molecule has 5 aliphatic rings. The van der Waals surface area contributed by atoms with E-state index in [0.29, 0.717) is 23.8 Å². The van der Waals surface area contributed by atoms with Gasteiger partial charge in [-0.15, -0.1) is 0 Å². The fourth-order valence-corrected chi connectivity index (χ4v) is 6.67. The van der Waals surface area contributed by atoms with Crippen LogP contribution >= 0.6 is 0 Å². The monoisotopic (exact) mass is 374 g/mol. The van der Waals surface area contributed by atoms with Gasteiger partial charge in [-0.05, 0) is 57.8 Å². The van der Waals surface area contributed by atoms with E-state index in [9.17, 15) is 14.4 Å². The number of esters is 3. The Balaban J connectivity index is 1.37. The lowest BCUT2D eigenvalue weighted by atomic mass is 9.78. The van der Waals surface area contributed by atoms with Crippen molar-refractivity contribution in [1.29, 1.82) is 0 Å². The first-order valence-electron chi connectivity index (χ1n) is 10.1. The molecule has 5 fully saturated rings. The molecule has 1 heterocycles. The van der Waals surface area contributed by atoms with Gasteiger partial charge in [0.25, 0.3) is 0 Å². The predicted molar refractivity (Wildman–Crippen MR) is 93.1 cm³/mol. The fraction of sp³-hybridized carbons (Fsp3) is 0.762. The van der Waals surface area contributed by atoms with Crippen molar-refractivity contribution in [3.05, 3.63) is 12.2 Å². The van der Waals surface area contributed by atoms with E-state index in [-0.39, 0.29) is 23.8 Å². The van der Waals surface area contributed by atoms with Gasteiger partial charge in [-0.1, -0.05) is 6.58 Å². The minimum Gasteiger partial charge on any atom is -0.459 e. The molecule has 0 aromatic carbocycles. The molecule has 0 aromatic heterocycles. The van der Waals surface area contributed by atoms with Crippen LogP contribution in [0.25, 0.3) is 0 Å². The Hall–Kier alpha value is -1.85. The lowest BCUT2D eigenvalue weighted by Gasteiger charge is -2.37. The zero-order valence-electron chi connectivity index (χ0n) is 15.8. The number of hydrogen-bond acceptors (Lipinski definition) is 6. The number of rotatable bonds is 4. The summed E-state index contributed by atoms with van der Waals surface area (Å²) in [6, 6.07) is 0. The first-order chi connectivity index (χ1) is 12.8. The van der Waals surface area contributed by atoms with Crippen molar-refractivity contribution >= 4 is 17.9 Å². The van der Waals surface area contributed by atoms with E-state index in [1.807, 2.05) is 6.92 Å². The van der Waals surface area contributed by atoms with Gasteiger partial charge in [-0.25, -0.2) is 4.79 Å². The maximum atomic E-state index is 13.2. The molecule has 27 heavy (non-hydrogen) atoms. The summed E-state index contributed by atoms with van der Waals surface area (Å²) in [6.07, 6.45) is 4.03. The summed E-state index contributed by atoms with van der Waals surface area (Å²) in [5.41, 5.74) is -0.125. The highest BCUT2D eigenvalue weighted by molar-refractivity contribution is 5.88. The third-order valence-electron chi connectivity index (χ3n) is 7.84. The first-order valence-corrected chi connectivity index (χ1v) is 10.1. The summed E-state index contributed by atoms with van der Waals surface area (Å²) in [5, 5.41) is 0. The van der Waals surface area contributed by atoms with Crippen LogP contribution in [0.15, 0.2) is 12.2 Å². The topological polar surface area (TPSA) is 78.9 Å². The van der Waals surface area contributed by atoms with Gasteiger partial charge in [0.05, 0.1) is 11.8 Å². The second-order valence-corrected chi connectivity index (χ2v) is 9.48. The van der Waals surface area contributed by atoms with Gasteiger partial charge >= 0.3 is 17.9 Å². The third kappa shape index (κ3) is 2.34. The van der Waals surface area contributed by atoms with E-state index < -0.39 is 35.6 Å². The van der Waals surface area contributed by atoms with E-state index in [4.69, 9.17) is 14.2 Å². The summed E-state index contributed by atoms with van der Waals surface area (Å²) in [7, 11) is 0. The molecule has 6 nitrogen and oxygen atoms in total. The van der Waals surface area contributed by atoms with Crippen molar-refractivity contribution in [2.24, 2.45) is 35.5 Å². The minimum atomic E-state index is -0.577. The Bertz CT molecular complexity index is 743. The molecule has 0 aromatic rings. The summed E-state index contributed by atoms with van der Waals surface area (Å²) >= 11 is 0. The molecule has 5 rings (SSSR count). The van der Waals surface area contributed by atoms with Gasteiger partial charge in [0.15, 0.2) is 0 Å². The van der Waals surface area contributed by atoms with Crippen LogP contribution in [0.3, 0.4) is 0 Å². The smallest absolute Gasteiger partial charge is 0.333 e. The van der Waals surface area contributed by atoms with Crippen LogP contribution in [0, 0.1) is 35.5 Å². The average molecular weight is 374 g/mol. The number of hydrogen-bond donors (Lipinski definition) is 0. The Morgan fingerprint density at radius 1 is 1.22 bits per heavy atom. The molecular formula is C21H26O6. The van der Waals surface area contributed by atoms with E-state index in [2.05, 4.69) is 6.58 Å². The molecule has 9 atom stereocenters. The normalized spacial score (nSPS) is 48.6. The highest BCUT2D eigenvalue weighted by Gasteiger charge is 2.70. The van der Waals surface area contributed by atoms with Gasteiger partial charge in [0.1, 0.15) is 17.8 Å². The van der Waals surface area contributed by atoms with Gasteiger partial charge < -0.3 is 14.2 Å². The Morgan fingerprint density at radius 3 is 2.63 bits per heavy atom. The van der Waals surface area contributed by atoms with Gasteiger partial charge in [-0.2, -0.15) is 0 Å². The Labute approximate surface area is 158 Å². The average Bonchev–Trinajstić information content (AvgIpc) is 3.35. The van der Waals surface area contributed by atoms with Crippen LogP contribution < -0.4 is 0 Å². The molecule has 1 saturated heterocycles. The van der Waals surface area contributed by atoms with E-state index in [1.165, 1.54) is 6.42 Å². The van der Waals surface area contributed by atoms with Gasteiger partial charge in [0, 0.05) is 17.4 Å². The van der Waals surface area contributed by atoms with Crippen LogP contribution in [0.4, 0.5) is 0 Å². The van der Waals surface area contributed by atoms with Crippen molar-refractivity contribution < 1.29 is 28.6 Å². The van der Waals surface area contributed by atoms with Crippen LogP contribution in [0.1, 0.15) is 46.0 Å². The number of ether oxygens (including phenoxy) is 3. The lowest BCUT2D eigenvalue weighted by Crippen LogP contribution is -2.46. The van der Waals surface area contributed by atoms with Crippen LogP contribution in [0.5, 0.6) is 0 Å². The maximum absolute atomic E-state index is 13.2. The SMILES string of the molecule is C=C(C)C(=O)OC1C2CC3C1OC(=O)C3C2C(=O)OC1(C)CC2CCC1C2. The molecule has 4 saturated carbocycles. The molecule has 0 radical (unpaired) electrons. The molecule has 9 unspecified atom stereocenters. The van der Waals surface area contributed by atoms with Crippen molar-refractivity contribution in [2.45, 2.75) is 63.8 Å². The molecule has 4 aliphatic carbocycles. The van der Waals surface area contributed by atoms with Crippen LogP contribution in [-0.4, -0.2) is 35.7 Å². The van der Waals surface area contributed by atoms with E-state index in [0.717, 1.165) is 19.3 Å². The predicted octanol–water partition coefficient (Wildman–Crippen LogP) is 2.40. The molecule has 1 aliphatic heterocycles. The van der Waals surface area contributed by atoms with Crippen molar-refractivity contribution in [2.75, 3.05) is 0 Å².